The van der Waals surface area contributed by atoms with Gasteiger partial charge in [-0.15, -0.1) is 0 Å². The van der Waals surface area contributed by atoms with Crippen molar-refractivity contribution >= 4 is 0 Å². The van der Waals surface area contributed by atoms with Crippen LogP contribution in [-0.2, 0) is 4.74 Å². The van der Waals surface area contributed by atoms with Gasteiger partial charge in [-0.05, 0) is 46.0 Å². The molecular formula is C14H28N2O. The van der Waals surface area contributed by atoms with Gasteiger partial charge >= 0.3 is 0 Å². The van der Waals surface area contributed by atoms with Crippen molar-refractivity contribution in [3.05, 3.63) is 0 Å². The molecule has 0 radical (unpaired) electrons. The van der Waals surface area contributed by atoms with Crippen molar-refractivity contribution < 1.29 is 4.74 Å². The molecular weight excluding hydrogens is 212 g/mol. The Balaban J connectivity index is 1.78. The van der Waals surface area contributed by atoms with E-state index in [1.54, 1.807) is 0 Å². The summed E-state index contributed by atoms with van der Waals surface area (Å²) < 4.78 is 5.44. The summed E-state index contributed by atoms with van der Waals surface area (Å²) in [5.41, 5.74) is 0.303. The molecule has 0 aromatic rings. The van der Waals surface area contributed by atoms with Crippen LogP contribution in [-0.4, -0.2) is 49.3 Å². The molecule has 3 nitrogen and oxygen atoms in total. The summed E-state index contributed by atoms with van der Waals surface area (Å²) in [6, 6.07) is 0.745. The SMILES string of the molecule is CCOCCCN1CC(C2CC2)NCC1(C)C. The minimum Gasteiger partial charge on any atom is -0.382 e. The van der Waals surface area contributed by atoms with Gasteiger partial charge < -0.3 is 10.1 Å². The molecule has 0 aromatic carbocycles. The van der Waals surface area contributed by atoms with Crippen LogP contribution in [0.2, 0.25) is 0 Å². The van der Waals surface area contributed by atoms with Crippen molar-refractivity contribution in [1.82, 2.24) is 10.2 Å². The molecule has 1 atom stereocenters. The van der Waals surface area contributed by atoms with E-state index in [4.69, 9.17) is 4.74 Å². The highest BCUT2D eigenvalue weighted by atomic mass is 16.5. The van der Waals surface area contributed by atoms with E-state index in [9.17, 15) is 0 Å². The molecule has 1 N–H and O–H groups in total. The second kappa shape index (κ2) is 5.68. The monoisotopic (exact) mass is 240 g/mol. The third kappa shape index (κ3) is 3.67. The Labute approximate surface area is 106 Å². The van der Waals surface area contributed by atoms with Crippen molar-refractivity contribution in [2.45, 2.75) is 51.6 Å². The van der Waals surface area contributed by atoms with E-state index in [0.29, 0.717) is 5.54 Å². The minimum absolute atomic E-state index is 0.303. The number of ether oxygens (including phenoxy) is 1. The van der Waals surface area contributed by atoms with Crippen LogP contribution in [0, 0.1) is 5.92 Å². The van der Waals surface area contributed by atoms with Gasteiger partial charge in [-0.3, -0.25) is 4.90 Å². The average molecular weight is 240 g/mol. The molecule has 1 unspecified atom stereocenters. The van der Waals surface area contributed by atoms with Gasteiger partial charge in [0.05, 0.1) is 0 Å². The molecule has 2 rings (SSSR count). The van der Waals surface area contributed by atoms with Crippen LogP contribution in [0.4, 0.5) is 0 Å². The second-order valence-corrected chi connectivity index (χ2v) is 6.13. The van der Waals surface area contributed by atoms with Crippen molar-refractivity contribution in [2.75, 3.05) is 32.8 Å². The summed E-state index contributed by atoms with van der Waals surface area (Å²) >= 11 is 0. The smallest absolute Gasteiger partial charge is 0.0478 e. The summed E-state index contributed by atoms with van der Waals surface area (Å²) in [6.07, 6.45) is 4.03. The van der Waals surface area contributed by atoms with E-state index in [1.165, 1.54) is 25.9 Å². The second-order valence-electron chi connectivity index (χ2n) is 6.13. The lowest BCUT2D eigenvalue weighted by Gasteiger charge is -2.46. The van der Waals surface area contributed by atoms with Gasteiger partial charge in [0.1, 0.15) is 0 Å². The molecule has 0 amide bonds. The van der Waals surface area contributed by atoms with Crippen LogP contribution in [0.15, 0.2) is 0 Å². The Morgan fingerprint density at radius 1 is 1.35 bits per heavy atom. The van der Waals surface area contributed by atoms with Gasteiger partial charge in [0.15, 0.2) is 0 Å². The van der Waals surface area contributed by atoms with Gasteiger partial charge in [-0.25, -0.2) is 0 Å². The Bertz CT molecular complexity index is 238. The van der Waals surface area contributed by atoms with Crippen LogP contribution < -0.4 is 5.32 Å². The maximum absolute atomic E-state index is 5.44. The quantitative estimate of drug-likeness (QED) is 0.717. The van der Waals surface area contributed by atoms with Gasteiger partial charge in [-0.1, -0.05) is 0 Å². The lowest BCUT2D eigenvalue weighted by molar-refractivity contribution is 0.0479. The van der Waals surface area contributed by atoms with Crippen LogP contribution in [0.1, 0.15) is 40.0 Å². The fourth-order valence-electron chi connectivity index (χ4n) is 2.75. The number of piperazine rings is 1. The van der Waals surface area contributed by atoms with Crippen molar-refractivity contribution in [3.63, 3.8) is 0 Å². The van der Waals surface area contributed by atoms with Crippen LogP contribution >= 0.6 is 0 Å². The molecule has 1 heterocycles. The molecule has 0 spiro atoms. The number of nitrogens with zero attached hydrogens (tertiary/aromatic N) is 1. The average Bonchev–Trinajstić information content (AvgIpc) is 3.10. The van der Waals surface area contributed by atoms with Gasteiger partial charge in [0.2, 0.25) is 0 Å². The molecule has 3 heteroatoms. The van der Waals surface area contributed by atoms with E-state index >= 15 is 0 Å². The van der Waals surface area contributed by atoms with Crippen LogP contribution in [0.3, 0.4) is 0 Å². The zero-order valence-electron chi connectivity index (χ0n) is 11.7. The fourth-order valence-corrected chi connectivity index (χ4v) is 2.75. The predicted octanol–water partition coefficient (Wildman–Crippen LogP) is 1.88. The largest absolute Gasteiger partial charge is 0.382 e. The molecule has 2 fully saturated rings. The molecule has 1 saturated heterocycles. The first kappa shape index (κ1) is 13.3. The molecule has 1 aliphatic carbocycles. The fraction of sp³-hybridized carbons (Fsp3) is 1.00. The highest BCUT2D eigenvalue weighted by Gasteiger charge is 2.39. The Kier molecular flexibility index (Phi) is 4.45. The molecule has 1 aliphatic heterocycles. The number of hydrogen-bond acceptors (Lipinski definition) is 3. The normalized spacial score (nSPS) is 29.5. The van der Waals surface area contributed by atoms with Crippen molar-refractivity contribution in [2.24, 2.45) is 5.92 Å². The first-order valence-corrected chi connectivity index (χ1v) is 7.19. The molecule has 0 bridgehead atoms. The lowest BCUT2D eigenvalue weighted by atomic mass is 9.95. The van der Waals surface area contributed by atoms with Crippen molar-refractivity contribution in [3.8, 4) is 0 Å². The maximum Gasteiger partial charge on any atom is 0.0478 e. The molecule has 0 aromatic heterocycles. The third-order valence-corrected chi connectivity index (χ3v) is 4.18. The minimum atomic E-state index is 0.303. The van der Waals surface area contributed by atoms with E-state index < -0.39 is 0 Å². The topological polar surface area (TPSA) is 24.5 Å². The summed E-state index contributed by atoms with van der Waals surface area (Å²) in [4.78, 5) is 2.66. The van der Waals surface area contributed by atoms with Crippen molar-refractivity contribution in [1.29, 1.82) is 0 Å². The maximum atomic E-state index is 5.44. The number of rotatable bonds is 6. The predicted molar refractivity (Wildman–Crippen MR) is 71.3 cm³/mol. The molecule has 2 aliphatic rings. The Morgan fingerprint density at radius 2 is 2.12 bits per heavy atom. The molecule has 100 valence electrons. The first-order valence-electron chi connectivity index (χ1n) is 7.19. The molecule has 17 heavy (non-hydrogen) atoms. The van der Waals surface area contributed by atoms with E-state index in [2.05, 4.69) is 31.0 Å². The zero-order chi connectivity index (χ0) is 12.3. The van der Waals surface area contributed by atoms with E-state index in [-0.39, 0.29) is 0 Å². The highest BCUT2D eigenvalue weighted by molar-refractivity contribution is 4.98. The van der Waals surface area contributed by atoms with Gasteiger partial charge in [0.25, 0.3) is 0 Å². The molecule has 1 saturated carbocycles. The summed E-state index contributed by atoms with van der Waals surface area (Å²) in [5.74, 6) is 0.959. The summed E-state index contributed by atoms with van der Waals surface area (Å²) in [7, 11) is 0. The van der Waals surface area contributed by atoms with Crippen LogP contribution in [0.25, 0.3) is 0 Å². The lowest BCUT2D eigenvalue weighted by Crippen LogP contribution is -2.62. The van der Waals surface area contributed by atoms with E-state index in [1.807, 2.05) is 0 Å². The first-order chi connectivity index (χ1) is 8.13. The van der Waals surface area contributed by atoms with E-state index in [0.717, 1.165) is 38.1 Å². The number of hydrogen-bond donors (Lipinski definition) is 1. The summed E-state index contributed by atoms with van der Waals surface area (Å²) in [5, 5.41) is 3.73. The Hall–Kier alpha value is -0.120. The standard InChI is InChI=1S/C14H28N2O/c1-4-17-9-5-8-16-10-13(12-6-7-12)15-11-14(16,2)3/h12-13,15H,4-11H2,1-3H3. The van der Waals surface area contributed by atoms with Crippen LogP contribution in [0.5, 0.6) is 0 Å². The van der Waals surface area contributed by atoms with Gasteiger partial charge in [-0.2, -0.15) is 0 Å². The highest BCUT2D eigenvalue weighted by Crippen LogP contribution is 2.35. The summed E-state index contributed by atoms with van der Waals surface area (Å²) in [6.45, 7) is 12.1. The van der Waals surface area contributed by atoms with Gasteiger partial charge in [0, 0.05) is 44.4 Å². The number of nitrogens with one attached hydrogen (secondary N) is 1. The Morgan fingerprint density at radius 3 is 2.76 bits per heavy atom. The third-order valence-electron chi connectivity index (χ3n) is 4.18. The zero-order valence-corrected chi connectivity index (χ0v) is 11.7.